The summed E-state index contributed by atoms with van der Waals surface area (Å²) in [6.45, 7) is 2.80. The lowest BCUT2D eigenvalue weighted by Crippen LogP contribution is -2.55. The van der Waals surface area contributed by atoms with Crippen LogP contribution in [0.4, 0.5) is 0 Å². The Bertz CT molecular complexity index is 514. The molecule has 9 N–H and O–H groups in total. The van der Waals surface area contributed by atoms with Gasteiger partial charge < -0.3 is 37.6 Å². The average Bonchev–Trinajstić information content (AvgIpc) is 2.61. The number of amides is 3. The fourth-order valence-corrected chi connectivity index (χ4v) is 2.15. The number of carbonyl (C=O) groups excluding carboxylic acids is 3. The minimum atomic E-state index is -1.17. The van der Waals surface area contributed by atoms with Crippen LogP contribution in [0.2, 0.25) is 0 Å². The number of nitrogens with two attached hydrogens (primary N) is 2. The summed E-state index contributed by atoms with van der Waals surface area (Å²) >= 11 is 0. The van der Waals surface area contributed by atoms with Gasteiger partial charge in [-0.25, -0.2) is 4.79 Å². The van der Waals surface area contributed by atoms with Gasteiger partial charge in [0.15, 0.2) is 0 Å². The van der Waals surface area contributed by atoms with Gasteiger partial charge in [0.25, 0.3) is 0 Å². The number of nitrogens with one attached hydrogen (secondary N) is 3. The highest BCUT2D eigenvalue weighted by atomic mass is 16.4. The van der Waals surface area contributed by atoms with Crippen molar-refractivity contribution in [2.45, 2.75) is 51.2 Å². The smallest absolute Gasteiger partial charge is 0.326 e. The highest BCUT2D eigenvalue weighted by Gasteiger charge is 2.27. The minimum Gasteiger partial charge on any atom is -0.480 e. The number of aliphatic hydroxyl groups excluding tert-OH is 1. The van der Waals surface area contributed by atoms with Crippen LogP contribution in [0.15, 0.2) is 0 Å². The van der Waals surface area contributed by atoms with Crippen LogP contribution in [-0.4, -0.2) is 71.7 Å². The summed E-state index contributed by atoms with van der Waals surface area (Å²) in [4.78, 5) is 47.0. The molecule has 3 atom stereocenters. The van der Waals surface area contributed by atoms with Gasteiger partial charge in [-0.05, 0) is 31.7 Å². The molecule has 0 unspecified atom stereocenters. The second kappa shape index (κ2) is 13.0. The molecule has 11 nitrogen and oxygen atoms in total. The summed E-state index contributed by atoms with van der Waals surface area (Å²) in [6.07, 6.45) is 1.42. The van der Waals surface area contributed by atoms with Crippen LogP contribution in [0.5, 0.6) is 0 Å². The molecule has 156 valence electrons. The van der Waals surface area contributed by atoms with Crippen LogP contribution in [-0.2, 0) is 19.2 Å². The molecule has 0 heterocycles. The number of carbonyl (C=O) groups is 4. The number of hydrogen-bond acceptors (Lipinski definition) is 7. The molecule has 0 radical (unpaired) electrons. The molecule has 0 aliphatic carbocycles. The third kappa shape index (κ3) is 9.87. The molecule has 27 heavy (non-hydrogen) atoms. The van der Waals surface area contributed by atoms with Crippen LogP contribution in [0.1, 0.15) is 33.1 Å². The summed E-state index contributed by atoms with van der Waals surface area (Å²) in [5, 5.41) is 25.1. The minimum absolute atomic E-state index is 0.232. The van der Waals surface area contributed by atoms with Crippen molar-refractivity contribution in [2.24, 2.45) is 17.4 Å². The molecular formula is C16H31N5O6. The fourth-order valence-electron chi connectivity index (χ4n) is 2.15. The summed E-state index contributed by atoms with van der Waals surface area (Å²) in [7, 11) is 0. The van der Waals surface area contributed by atoms with E-state index in [1.54, 1.807) is 13.8 Å². The quantitative estimate of drug-likeness (QED) is 0.165. The van der Waals surface area contributed by atoms with Crippen molar-refractivity contribution < 1.29 is 29.4 Å². The van der Waals surface area contributed by atoms with Crippen molar-refractivity contribution in [3.05, 3.63) is 0 Å². The van der Waals surface area contributed by atoms with Gasteiger partial charge in [-0.15, -0.1) is 0 Å². The Balaban J connectivity index is 4.62. The van der Waals surface area contributed by atoms with E-state index >= 15 is 0 Å². The molecule has 0 rings (SSSR count). The first-order valence-corrected chi connectivity index (χ1v) is 8.80. The van der Waals surface area contributed by atoms with E-state index in [-0.39, 0.29) is 12.3 Å². The lowest BCUT2D eigenvalue weighted by molar-refractivity contribution is -0.142. The van der Waals surface area contributed by atoms with Crippen LogP contribution >= 0.6 is 0 Å². The number of rotatable bonds is 13. The second-order valence-corrected chi connectivity index (χ2v) is 6.48. The van der Waals surface area contributed by atoms with Gasteiger partial charge in [0.05, 0.1) is 13.2 Å². The van der Waals surface area contributed by atoms with Gasteiger partial charge in [-0.2, -0.15) is 0 Å². The molecule has 0 bridgehead atoms. The Hall–Kier alpha value is -2.24. The number of hydrogen-bond donors (Lipinski definition) is 7. The Morgan fingerprint density at radius 3 is 2.15 bits per heavy atom. The third-order valence-corrected chi connectivity index (χ3v) is 3.78. The third-order valence-electron chi connectivity index (χ3n) is 3.78. The summed E-state index contributed by atoms with van der Waals surface area (Å²) in [6, 6.07) is -3.18. The van der Waals surface area contributed by atoms with Crippen molar-refractivity contribution in [3.63, 3.8) is 0 Å². The number of aliphatic carboxylic acids is 1. The van der Waals surface area contributed by atoms with Gasteiger partial charge in [-0.3, -0.25) is 14.4 Å². The van der Waals surface area contributed by atoms with E-state index in [0.29, 0.717) is 19.4 Å². The van der Waals surface area contributed by atoms with Crippen molar-refractivity contribution in [3.8, 4) is 0 Å². The van der Waals surface area contributed by atoms with Gasteiger partial charge in [0.1, 0.15) is 18.1 Å². The highest BCUT2D eigenvalue weighted by Crippen LogP contribution is 2.03. The topological polar surface area (TPSA) is 197 Å². The van der Waals surface area contributed by atoms with Crippen LogP contribution in [0.25, 0.3) is 0 Å². The van der Waals surface area contributed by atoms with E-state index < -0.39 is 55.0 Å². The number of carboxylic acid groups (broad SMARTS) is 1. The maximum absolute atomic E-state index is 12.2. The standard InChI is InChI=1S/C16H31N5O6/c1-9(2)13(21-14(24)10(18)8-22)15(25)19-7-12(23)20-11(16(26)27)5-3-4-6-17/h9-11,13,22H,3-8,17-18H2,1-2H3,(H,19,25)(H,20,23)(H,21,24)(H,26,27)/t10-,11-,13-/m0/s1. The van der Waals surface area contributed by atoms with Crippen LogP contribution < -0.4 is 27.4 Å². The molecule has 0 aliphatic rings. The first-order valence-electron chi connectivity index (χ1n) is 8.80. The molecule has 0 spiro atoms. The van der Waals surface area contributed by atoms with Crippen molar-refractivity contribution in [1.29, 1.82) is 0 Å². The van der Waals surface area contributed by atoms with E-state index in [9.17, 15) is 19.2 Å². The van der Waals surface area contributed by atoms with E-state index in [0.717, 1.165) is 0 Å². The zero-order chi connectivity index (χ0) is 21.0. The predicted molar refractivity (Wildman–Crippen MR) is 97.3 cm³/mol. The maximum Gasteiger partial charge on any atom is 0.326 e. The van der Waals surface area contributed by atoms with E-state index in [2.05, 4.69) is 16.0 Å². The van der Waals surface area contributed by atoms with Crippen molar-refractivity contribution in [2.75, 3.05) is 19.7 Å². The summed E-state index contributed by atoms with van der Waals surface area (Å²) in [5.41, 5.74) is 10.8. The van der Waals surface area contributed by atoms with Crippen LogP contribution in [0.3, 0.4) is 0 Å². The van der Waals surface area contributed by atoms with Gasteiger partial charge in [-0.1, -0.05) is 13.8 Å². The Morgan fingerprint density at radius 2 is 1.67 bits per heavy atom. The van der Waals surface area contributed by atoms with E-state index in [4.69, 9.17) is 21.7 Å². The van der Waals surface area contributed by atoms with Crippen LogP contribution in [0, 0.1) is 5.92 Å². The van der Waals surface area contributed by atoms with Gasteiger partial charge in [0.2, 0.25) is 17.7 Å². The first-order chi connectivity index (χ1) is 12.6. The molecule has 0 aromatic heterocycles. The number of unbranched alkanes of at least 4 members (excludes halogenated alkanes) is 1. The molecule has 0 saturated heterocycles. The molecule has 0 aromatic carbocycles. The lowest BCUT2D eigenvalue weighted by atomic mass is 10.0. The predicted octanol–water partition coefficient (Wildman–Crippen LogP) is -2.74. The number of aliphatic hydroxyl groups is 1. The zero-order valence-corrected chi connectivity index (χ0v) is 15.7. The highest BCUT2D eigenvalue weighted by molar-refractivity contribution is 5.92. The average molecular weight is 389 g/mol. The maximum atomic E-state index is 12.2. The van der Waals surface area contributed by atoms with E-state index in [1.165, 1.54) is 0 Å². The lowest BCUT2D eigenvalue weighted by Gasteiger charge is -2.23. The largest absolute Gasteiger partial charge is 0.480 e. The first kappa shape index (κ1) is 24.8. The fraction of sp³-hybridized carbons (Fsp3) is 0.750. The molecular weight excluding hydrogens is 358 g/mol. The van der Waals surface area contributed by atoms with Crippen molar-refractivity contribution >= 4 is 23.7 Å². The number of carboxylic acids is 1. The van der Waals surface area contributed by atoms with Gasteiger partial charge >= 0.3 is 5.97 Å². The monoisotopic (exact) mass is 389 g/mol. The zero-order valence-electron chi connectivity index (χ0n) is 15.7. The normalized spacial score (nSPS) is 14.1. The van der Waals surface area contributed by atoms with Crippen molar-refractivity contribution in [1.82, 2.24) is 16.0 Å². The molecule has 0 aliphatic heterocycles. The SMILES string of the molecule is CC(C)[C@H](NC(=O)[C@@H](N)CO)C(=O)NCC(=O)N[C@@H](CCCCN)C(=O)O. The van der Waals surface area contributed by atoms with Gasteiger partial charge in [0, 0.05) is 0 Å². The Morgan fingerprint density at radius 1 is 1.04 bits per heavy atom. The van der Waals surface area contributed by atoms with E-state index in [1.807, 2.05) is 0 Å². The summed E-state index contributed by atoms with van der Waals surface area (Å²) < 4.78 is 0. The molecule has 0 fully saturated rings. The molecule has 3 amide bonds. The second-order valence-electron chi connectivity index (χ2n) is 6.48. The molecule has 0 saturated carbocycles. The molecule has 0 aromatic rings. The summed E-state index contributed by atoms with van der Waals surface area (Å²) in [5.74, 6) is -3.44. The molecule has 11 heteroatoms. The Kier molecular flexibility index (Phi) is 11.9. The Labute approximate surface area is 158 Å².